The molecule has 0 aliphatic heterocycles. The van der Waals surface area contributed by atoms with Crippen LogP contribution in [0.5, 0.6) is 0 Å². The minimum atomic E-state index is -3.88. The number of carbonyl (C=O) groups excluding carboxylic acids is 1. The molecule has 1 aromatic heterocycles. The molecular weight excluding hydrogens is 299 g/mol. The topological polar surface area (TPSA) is 106 Å². The molecule has 0 saturated heterocycles. The number of nitrogens with one attached hydrogen (secondary N) is 2. The summed E-state index contributed by atoms with van der Waals surface area (Å²) in [4.78, 5) is 11.4. The van der Waals surface area contributed by atoms with Gasteiger partial charge in [0.1, 0.15) is 16.4 Å². The van der Waals surface area contributed by atoms with Crippen molar-refractivity contribution in [2.24, 2.45) is 12.9 Å². The van der Waals surface area contributed by atoms with Crippen LogP contribution in [0.2, 0.25) is 0 Å². The fourth-order valence-corrected chi connectivity index (χ4v) is 2.84. The van der Waals surface area contributed by atoms with Crippen LogP contribution in [-0.4, -0.2) is 18.9 Å². The van der Waals surface area contributed by atoms with Crippen LogP contribution in [0.1, 0.15) is 10.5 Å². The summed E-state index contributed by atoms with van der Waals surface area (Å²) >= 11 is 0. The molecule has 1 heterocycles. The number of hydrogen-bond acceptors (Lipinski definition) is 4. The number of nitrogens with two attached hydrogens (primary N) is 1. The van der Waals surface area contributed by atoms with E-state index in [1.165, 1.54) is 36.0 Å². The van der Waals surface area contributed by atoms with E-state index in [9.17, 15) is 17.6 Å². The van der Waals surface area contributed by atoms with Crippen molar-refractivity contribution < 1.29 is 17.6 Å². The van der Waals surface area contributed by atoms with Crippen molar-refractivity contribution in [3.8, 4) is 0 Å². The minimum Gasteiger partial charge on any atom is -0.345 e. The molecule has 0 aliphatic rings. The summed E-state index contributed by atoms with van der Waals surface area (Å²) in [6.45, 7) is 0. The normalized spacial score (nSPS) is 11.2. The van der Waals surface area contributed by atoms with Gasteiger partial charge in [-0.25, -0.2) is 18.7 Å². The lowest BCUT2D eigenvalue weighted by atomic mass is 10.3. The maximum atomic E-state index is 12.8. The zero-order valence-electron chi connectivity index (χ0n) is 11.0. The molecule has 0 saturated carbocycles. The highest BCUT2D eigenvalue weighted by Crippen LogP contribution is 2.18. The van der Waals surface area contributed by atoms with E-state index >= 15 is 0 Å². The molecule has 0 unspecified atom stereocenters. The number of aryl methyl sites for hydroxylation is 1. The number of nitrogen functional groups attached to an aromatic ring is 1. The third kappa shape index (κ3) is 3.20. The Morgan fingerprint density at radius 2 is 1.90 bits per heavy atom. The summed E-state index contributed by atoms with van der Waals surface area (Å²) in [5.74, 6) is 3.93. The van der Waals surface area contributed by atoms with Crippen LogP contribution < -0.4 is 16.0 Å². The summed E-state index contributed by atoms with van der Waals surface area (Å²) in [6, 6.07) is 6.05. The van der Waals surface area contributed by atoms with E-state index in [-0.39, 0.29) is 16.3 Å². The quantitative estimate of drug-likeness (QED) is 0.436. The van der Waals surface area contributed by atoms with Gasteiger partial charge < -0.3 is 4.57 Å². The molecule has 9 heteroatoms. The van der Waals surface area contributed by atoms with E-state index in [1.54, 1.807) is 0 Å². The van der Waals surface area contributed by atoms with E-state index in [1.807, 2.05) is 5.43 Å². The third-order valence-electron chi connectivity index (χ3n) is 2.75. The van der Waals surface area contributed by atoms with Crippen molar-refractivity contribution in [2.75, 3.05) is 4.72 Å². The molecule has 0 atom stereocenters. The molecule has 21 heavy (non-hydrogen) atoms. The molecule has 2 rings (SSSR count). The molecule has 1 aromatic carbocycles. The fourth-order valence-electron chi connectivity index (χ4n) is 1.71. The summed E-state index contributed by atoms with van der Waals surface area (Å²) < 4.78 is 40.8. The average Bonchev–Trinajstić information content (AvgIpc) is 2.83. The monoisotopic (exact) mass is 312 g/mol. The van der Waals surface area contributed by atoms with Crippen LogP contribution in [0.4, 0.5) is 10.1 Å². The lowest BCUT2D eigenvalue weighted by Gasteiger charge is -2.05. The first-order valence-electron chi connectivity index (χ1n) is 5.79. The van der Waals surface area contributed by atoms with Crippen molar-refractivity contribution in [1.82, 2.24) is 9.99 Å². The second-order valence-electron chi connectivity index (χ2n) is 4.26. The lowest BCUT2D eigenvalue weighted by Crippen LogP contribution is -2.31. The van der Waals surface area contributed by atoms with Gasteiger partial charge in [0, 0.05) is 18.9 Å². The number of hydrogen-bond donors (Lipinski definition) is 3. The summed E-state index contributed by atoms with van der Waals surface area (Å²) in [7, 11) is -2.37. The summed E-state index contributed by atoms with van der Waals surface area (Å²) in [5.41, 5.74) is 2.23. The van der Waals surface area contributed by atoms with Gasteiger partial charge >= 0.3 is 0 Å². The molecule has 0 aliphatic carbocycles. The highest BCUT2D eigenvalue weighted by molar-refractivity contribution is 7.92. The smallest absolute Gasteiger partial charge is 0.281 e. The number of anilines is 1. The van der Waals surface area contributed by atoms with Gasteiger partial charge in [0.25, 0.3) is 15.9 Å². The van der Waals surface area contributed by atoms with Gasteiger partial charge in [-0.1, -0.05) is 0 Å². The van der Waals surface area contributed by atoms with Gasteiger partial charge in [0.05, 0.1) is 0 Å². The lowest BCUT2D eigenvalue weighted by molar-refractivity contribution is 0.0945. The molecular formula is C12H13FN4O3S. The largest absolute Gasteiger partial charge is 0.345 e. The van der Waals surface area contributed by atoms with Crippen LogP contribution in [0.25, 0.3) is 0 Å². The van der Waals surface area contributed by atoms with Crippen LogP contribution >= 0.6 is 0 Å². The Labute approximate surface area is 120 Å². The van der Waals surface area contributed by atoms with E-state index in [2.05, 4.69) is 4.72 Å². The van der Waals surface area contributed by atoms with Crippen molar-refractivity contribution in [3.05, 3.63) is 48.0 Å². The first kappa shape index (κ1) is 15.0. The zero-order valence-corrected chi connectivity index (χ0v) is 11.8. The summed E-state index contributed by atoms with van der Waals surface area (Å²) in [5, 5.41) is 0. The van der Waals surface area contributed by atoms with Crippen molar-refractivity contribution in [3.63, 3.8) is 0 Å². The third-order valence-corrected chi connectivity index (χ3v) is 4.10. The van der Waals surface area contributed by atoms with E-state index in [0.717, 1.165) is 12.1 Å². The van der Waals surface area contributed by atoms with Crippen LogP contribution in [0, 0.1) is 5.82 Å². The molecule has 0 bridgehead atoms. The Hall–Kier alpha value is -2.39. The number of carbonyl (C=O) groups is 1. The summed E-state index contributed by atoms with van der Waals surface area (Å²) in [6.07, 6.45) is 1.27. The Morgan fingerprint density at radius 3 is 2.48 bits per heavy atom. The van der Waals surface area contributed by atoms with Crippen molar-refractivity contribution >= 4 is 21.6 Å². The molecule has 2 aromatic rings. The average molecular weight is 312 g/mol. The first-order valence-corrected chi connectivity index (χ1v) is 7.27. The maximum absolute atomic E-state index is 12.8. The molecule has 0 fully saturated rings. The van der Waals surface area contributed by atoms with Crippen LogP contribution in [0.3, 0.4) is 0 Å². The van der Waals surface area contributed by atoms with Gasteiger partial charge in [0.15, 0.2) is 0 Å². The Kier molecular flexibility index (Phi) is 3.96. The molecule has 0 spiro atoms. The molecule has 1 amide bonds. The van der Waals surface area contributed by atoms with Gasteiger partial charge in [-0.15, -0.1) is 0 Å². The van der Waals surface area contributed by atoms with Crippen molar-refractivity contribution in [1.29, 1.82) is 0 Å². The van der Waals surface area contributed by atoms with Crippen LogP contribution in [0.15, 0.2) is 41.4 Å². The molecule has 112 valence electrons. The Bertz CT molecular complexity index is 768. The maximum Gasteiger partial charge on any atom is 0.281 e. The van der Waals surface area contributed by atoms with E-state index < -0.39 is 21.7 Å². The Morgan fingerprint density at radius 1 is 1.29 bits per heavy atom. The number of sulfonamides is 1. The first-order chi connectivity index (χ1) is 9.83. The number of hydrazine groups is 1. The highest BCUT2D eigenvalue weighted by Gasteiger charge is 2.20. The number of halogens is 1. The predicted octanol–water partition coefficient (Wildman–Crippen LogP) is 0.569. The standard InChI is InChI=1S/C12H13FN4O3S/c1-17-7-10(6-11(17)12(18)15-14)21(19,20)16-9-4-2-8(13)3-5-9/h2-7,16H,14H2,1H3,(H,15,18). The molecule has 0 radical (unpaired) electrons. The van der Waals surface area contributed by atoms with Crippen LogP contribution in [-0.2, 0) is 17.1 Å². The molecule has 4 N–H and O–H groups in total. The van der Waals surface area contributed by atoms with Gasteiger partial charge in [0.2, 0.25) is 0 Å². The zero-order chi connectivity index (χ0) is 15.6. The van der Waals surface area contributed by atoms with Gasteiger partial charge in [-0.2, -0.15) is 0 Å². The minimum absolute atomic E-state index is 0.0944. The second kappa shape index (κ2) is 5.54. The SMILES string of the molecule is Cn1cc(S(=O)(=O)Nc2ccc(F)cc2)cc1C(=O)NN. The van der Waals surface area contributed by atoms with Gasteiger partial charge in [-0.05, 0) is 30.3 Å². The van der Waals surface area contributed by atoms with E-state index in [0.29, 0.717) is 0 Å². The van der Waals surface area contributed by atoms with Gasteiger partial charge in [-0.3, -0.25) is 14.9 Å². The van der Waals surface area contributed by atoms with Crippen molar-refractivity contribution in [2.45, 2.75) is 4.90 Å². The predicted molar refractivity (Wildman–Crippen MR) is 74.3 cm³/mol. The number of aromatic nitrogens is 1. The molecule has 7 nitrogen and oxygen atoms in total. The fraction of sp³-hybridized carbons (Fsp3) is 0.0833. The van der Waals surface area contributed by atoms with E-state index in [4.69, 9.17) is 5.84 Å². The highest BCUT2D eigenvalue weighted by atomic mass is 32.2. The second-order valence-corrected chi connectivity index (χ2v) is 5.94. The number of amides is 1. The number of rotatable bonds is 4. The Balaban J connectivity index is 2.31. The number of benzene rings is 1. The number of nitrogens with zero attached hydrogens (tertiary/aromatic N) is 1.